The van der Waals surface area contributed by atoms with Gasteiger partial charge in [-0.1, -0.05) is 22.8 Å². The van der Waals surface area contributed by atoms with Crippen LogP contribution >= 0.6 is 22.9 Å². The number of Topliss-reactive ketones (excluding diaryl/α,β-unsaturated/α-hetero) is 1. The van der Waals surface area contributed by atoms with Crippen molar-refractivity contribution >= 4 is 56.3 Å². The number of amides is 1. The molecule has 1 amide bonds. The van der Waals surface area contributed by atoms with Gasteiger partial charge in [-0.25, -0.2) is 13.1 Å². The Hall–Kier alpha value is -2.83. The Morgan fingerprint density at radius 1 is 1.22 bits per heavy atom. The third-order valence-corrected chi connectivity index (χ3v) is 5.70. The van der Waals surface area contributed by atoms with Crippen LogP contribution in [0.25, 0.3) is 0 Å². The molecule has 0 atom stereocenters. The molecular weight excluding hydrogens is 416 g/mol. The van der Waals surface area contributed by atoms with E-state index in [2.05, 4.69) is 25.4 Å². The number of thiophene rings is 1. The van der Waals surface area contributed by atoms with Crippen LogP contribution in [0.4, 0.5) is 11.6 Å². The minimum atomic E-state index is -4.01. The van der Waals surface area contributed by atoms with Gasteiger partial charge in [0.2, 0.25) is 0 Å². The van der Waals surface area contributed by atoms with Gasteiger partial charge in [0.1, 0.15) is 0 Å². The summed E-state index contributed by atoms with van der Waals surface area (Å²) < 4.78 is 27.3. The Morgan fingerprint density at radius 2 is 2.00 bits per heavy atom. The van der Waals surface area contributed by atoms with Crippen molar-refractivity contribution in [2.45, 2.75) is 4.90 Å². The molecule has 0 bridgehead atoms. The van der Waals surface area contributed by atoms with Crippen molar-refractivity contribution in [1.29, 1.82) is 0 Å². The highest BCUT2D eigenvalue weighted by Crippen LogP contribution is 2.23. The number of nitrogens with one attached hydrogen (secondary N) is 2. The number of carbonyl (C=O) groups excluding carboxylic acids is 2. The van der Waals surface area contributed by atoms with Crippen molar-refractivity contribution in [2.24, 2.45) is 7.05 Å². The lowest BCUT2D eigenvalue weighted by molar-refractivity contribution is -0.112. The lowest BCUT2D eigenvalue weighted by Crippen LogP contribution is -2.22. The SMILES string of the molecule is Cn1nnc(NS(=O)(=O)c2cccc(NC(=O)C(=O)c3ccc(Cl)s3)c2)n1. The molecule has 0 fully saturated rings. The Morgan fingerprint density at radius 3 is 2.63 bits per heavy atom. The van der Waals surface area contributed by atoms with Gasteiger partial charge >= 0.3 is 0 Å². The molecule has 0 aliphatic heterocycles. The zero-order valence-corrected chi connectivity index (χ0v) is 16.0. The van der Waals surface area contributed by atoms with Crippen LogP contribution in [0.2, 0.25) is 4.34 Å². The monoisotopic (exact) mass is 426 g/mol. The Bertz CT molecular complexity index is 1120. The third kappa shape index (κ3) is 4.48. The van der Waals surface area contributed by atoms with Gasteiger partial charge < -0.3 is 5.32 Å². The predicted molar refractivity (Wildman–Crippen MR) is 98.3 cm³/mol. The van der Waals surface area contributed by atoms with E-state index in [-0.39, 0.29) is 21.4 Å². The highest BCUT2D eigenvalue weighted by atomic mass is 35.5. The standard InChI is InChI=1S/C14H11ClN6O4S2/c1-21-18-14(17-20-21)19-27(24,25)9-4-2-3-8(7-9)16-13(23)12(22)10-5-6-11(15)26-10/h2-7H,1H3,(H,16,23)(H,18,19). The summed E-state index contributed by atoms with van der Waals surface area (Å²) in [5.41, 5.74) is 0.131. The van der Waals surface area contributed by atoms with Crippen molar-refractivity contribution in [3.63, 3.8) is 0 Å². The summed E-state index contributed by atoms with van der Waals surface area (Å²) in [6.07, 6.45) is 0. The Balaban J connectivity index is 1.76. The molecule has 2 heterocycles. The first-order valence-corrected chi connectivity index (χ1v) is 9.90. The summed E-state index contributed by atoms with van der Waals surface area (Å²) in [5, 5.41) is 13.2. The molecule has 0 spiro atoms. The zero-order valence-electron chi connectivity index (χ0n) is 13.6. The van der Waals surface area contributed by atoms with Gasteiger partial charge in [0.25, 0.3) is 27.7 Å². The van der Waals surface area contributed by atoms with Crippen molar-refractivity contribution in [3.8, 4) is 0 Å². The topological polar surface area (TPSA) is 136 Å². The Labute approximate surface area is 162 Å². The molecule has 0 aliphatic carbocycles. The van der Waals surface area contributed by atoms with Crippen LogP contribution in [-0.4, -0.2) is 40.3 Å². The molecule has 0 radical (unpaired) electrons. The van der Waals surface area contributed by atoms with E-state index in [0.29, 0.717) is 4.34 Å². The molecule has 2 aromatic heterocycles. The summed E-state index contributed by atoms with van der Waals surface area (Å²) in [4.78, 5) is 25.3. The average molecular weight is 427 g/mol. The van der Waals surface area contributed by atoms with Crippen molar-refractivity contribution in [3.05, 3.63) is 45.6 Å². The quantitative estimate of drug-likeness (QED) is 0.450. The number of anilines is 2. The largest absolute Gasteiger partial charge is 0.319 e. The van der Waals surface area contributed by atoms with Gasteiger partial charge in [-0.2, -0.15) is 4.80 Å². The van der Waals surface area contributed by atoms with Crippen molar-refractivity contribution < 1.29 is 18.0 Å². The first-order chi connectivity index (χ1) is 12.7. The number of rotatable bonds is 6. The number of tetrazole rings is 1. The number of ketones is 1. The molecule has 0 saturated carbocycles. The maximum Gasteiger partial charge on any atom is 0.297 e. The maximum atomic E-state index is 12.4. The van der Waals surface area contributed by atoms with Crippen LogP contribution in [0.5, 0.6) is 0 Å². The van der Waals surface area contributed by atoms with Gasteiger partial charge in [0, 0.05) is 5.69 Å². The molecular formula is C14H11ClN6O4S2. The molecule has 10 nitrogen and oxygen atoms in total. The van der Waals surface area contributed by atoms with E-state index >= 15 is 0 Å². The van der Waals surface area contributed by atoms with E-state index in [0.717, 1.165) is 16.1 Å². The number of halogens is 1. The van der Waals surface area contributed by atoms with E-state index in [9.17, 15) is 18.0 Å². The van der Waals surface area contributed by atoms with Crippen LogP contribution in [-0.2, 0) is 21.9 Å². The second-order valence-electron chi connectivity index (χ2n) is 5.12. The highest BCUT2D eigenvalue weighted by molar-refractivity contribution is 7.92. The van der Waals surface area contributed by atoms with Gasteiger partial charge in [-0.05, 0) is 35.5 Å². The van der Waals surface area contributed by atoms with E-state index in [1.165, 1.54) is 43.4 Å². The molecule has 140 valence electrons. The predicted octanol–water partition coefficient (Wildman–Crippen LogP) is 1.55. The van der Waals surface area contributed by atoms with E-state index in [1.54, 1.807) is 0 Å². The fourth-order valence-corrected chi connectivity index (χ4v) is 3.94. The number of aryl methyl sites for hydroxylation is 1. The van der Waals surface area contributed by atoms with Crippen LogP contribution in [0.3, 0.4) is 0 Å². The second-order valence-corrected chi connectivity index (χ2v) is 8.52. The van der Waals surface area contributed by atoms with E-state index in [1.807, 2.05) is 0 Å². The lowest BCUT2D eigenvalue weighted by Gasteiger charge is -2.07. The number of benzene rings is 1. The molecule has 3 aromatic rings. The number of sulfonamides is 1. The molecule has 1 aromatic carbocycles. The average Bonchev–Trinajstić information content (AvgIpc) is 3.22. The normalized spacial score (nSPS) is 11.2. The molecule has 3 rings (SSSR count). The number of hydrogen-bond donors (Lipinski definition) is 2. The maximum absolute atomic E-state index is 12.4. The number of aromatic nitrogens is 4. The minimum Gasteiger partial charge on any atom is -0.319 e. The Kier molecular flexibility index (Phi) is 5.21. The second kappa shape index (κ2) is 7.42. The fourth-order valence-electron chi connectivity index (χ4n) is 1.98. The zero-order chi connectivity index (χ0) is 19.6. The van der Waals surface area contributed by atoms with Gasteiger partial charge in [-0.15, -0.1) is 16.4 Å². The fraction of sp³-hybridized carbons (Fsp3) is 0.0714. The number of nitrogens with zero attached hydrogens (tertiary/aromatic N) is 4. The highest BCUT2D eigenvalue weighted by Gasteiger charge is 2.20. The summed E-state index contributed by atoms with van der Waals surface area (Å²) in [6.45, 7) is 0. The molecule has 2 N–H and O–H groups in total. The minimum absolute atomic E-state index is 0.131. The van der Waals surface area contributed by atoms with Crippen molar-refractivity contribution in [1.82, 2.24) is 20.2 Å². The van der Waals surface area contributed by atoms with Gasteiger partial charge in [-0.3, -0.25) is 9.59 Å². The molecule has 0 unspecified atom stereocenters. The first kappa shape index (κ1) is 18.9. The summed E-state index contributed by atoms with van der Waals surface area (Å²) in [7, 11) is -2.52. The molecule has 27 heavy (non-hydrogen) atoms. The molecule has 13 heteroatoms. The lowest BCUT2D eigenvalue weighted by atomic mass is 10.2. The van der Waals surface area contributed by atoms with Crippen LogP contribution < -0.4 is 10.0 Å². The summed E-state index contributed by atoms with van der Waals surface area (Å²) in [5.74, 6) is -1.88. The van der Waals surface area contributed by atoms with Crippen molar-refractivity contribution in [2.75, 3.05) is 10.0 Å². The summed E-state index contributed by atoms with van der Waals surface area (Å²) >= 11 is 6.73. The smallest absolute Gasteiger partial charge is 0.297 e. The molecule has 0 saturated heterocycles. The van der Waals surface area contributed by atoms with E-state index in [4.69, 9.17) is 11.6 Å². The van der Waals surface area contributed by atoms with Crippen LogP contribution in [0, 0.1) is 0 Å². The first-order valence-electron chi connectivity index (χ1n) is 7.22. The number of hydrogen-bond acceptors (Lipinski definition) is 8. The summed E-state index contributed by atoms with van der Waals surface area (Å²) in [6, 6.07) is 8.33. The van der Waals surface area contributed by atoms with Crippen LogP contribution in [0.1, 0.15) is 9.67 Å². The van der Waals surface area contributed by atoms with Crippen LogP contribution in [0.15, 0.2) is 41.3 Å². The van der Waals surface area contributed by atoms with E-state index < -0.39 is 21.7 Å². The van der Waals surface area contributed by atoms with Gasteiger partial charge in [0.05, 0.1) is 21.2 Å². The third-order valence-electron chi connectivity index (χ3n) is 3.14. The molecule has 0 aliphatic rings. The number of carbonyl (C=O) groups is 2. The van der Waals surface area contributed by atoms with Gasteiger partial charge in [0.15, 0.2) is 0 Å².